The normalized spacial score (nSPS) is 28.2. The van der Waals surface area contributed by atoms with Crippen molar-refractivity contribution in [2.75, 3.05) is 26.7 Å². The minimum absolute atomic E-state index is 0.00515. The van der Waals surface area contributed by atoms with Crippen molar-refractivity contribution in [3.8, 4) is 5.75 Å². The number of nitrogens with zero attached hydrogens (tertiary/aromatic N) is 6. The van der Waals surface area contributed by atoms with E-state index in [1.54, 1.807) is 25.2 Å². The topological polar surface area (TPSA) is 217 Å². The molecule has 0 radical (unpaired) electrons. The van der Waals surface area contributed by atoms with Gasteiger partial charge in [0, 0.05) is 38.1 Å². The zero-order chi connectivity index (χ0) is 30.0. The van der Waals surface area contributed by atoms with Gasteiger partial charge in [-0.3, -0.25) is 9.59 Å². The Hall–Kier alpha value is -4.50. The van der Waals surface area contributed by atoms with Crippen LogP contribution in [0.25, 0.3) is 0 Å². The summed E-state index contributed by atoms with van der Waals surface area (Å²) in [4.78, 5) is 46.3. The zero-order valence-corrected chi connectivity index (χ0v) is 23.5. The van der Waals surface area contributed by atoms with Gasteiger partial charge in [-0.2, -0.15) is 0 Å². The third-order valence-corrected chi connectivity index (χ3v) is 8.63. The van der Waals surface area contributed by atoms with Crippen LogP contribution in [0.2, 0.25) is 0 Å². The Kier molecular flexibility index (Phi) is 6.27. The fourth-order valence-corrected chi connectivity index (χ4v) is 6.36. The number of fused-ring (bicyclic) bond motifs is 1. The predicted octanol–water partition coefficient (Wildman–Crippen LogP) is -1.92. The second-order valence-corrected chi connectivity index (χ2v) is 11.7. The minimum Gasteiger partial charge on any atom is -0.492 e. The molecule has 1 saturated heterocycles. The molecule has 1 aromatic heterocycles. The first-order valence-corrected chi connectivity index (χ1v) is 13.6. The second kappa shape index (κ2) is 9.52. The molecule has 0 bridgehead atoms. The monoisotopic (exact) mass is 578 g/mol. The summed E-state index contributed by atoms with van der Waals surface area (Å²) in [5.41, 5.74) is 11.7. The average Bonchev–Trinajstić information content (AvgIpc) is 3.42. The molecule has 4 aliphatic rings. The van der Waals surface area contributed by atoms with Crippen LogP contribution in [0.15, 0.2) is 46.6 Å². The van der Waals surface area contributed by atoms with Crippen LogP contribution in [0.4, 0.5) is 0 Å². The van der Waals surface area contributed by atoms with Crippen molar-refractivity contribution in [1.29, 1.82) is 0 Å². The molecular weight excluding hydrogens is 544 g/mol. The van der Waals surface area contributed by atoms with E-state index < -0.39 is 41.4 Å². The number of ether oxygens (including phenoxy) is 1. The summed E-state index contributed by atoms with van der Waals surface area (Å²) in [5, 5.41) is 29.2. The molecule has 1 fully saturated rings. The van der Waals surface area contributed by atoms with Crippen molar-refractivity contribution in [2.45, 2.75) is 55.3 Å². The van der Waals surface area contributed by atoms with Crippen molar-refractivity contribution in [3.63, 3.8) is 0 Å². The van der Waals surface area contributed by atoms with Crippen LogP contribution in [-0.2, 0) is 5.41 Å². The molecule has 6 rings (SSSR count). The third kappa shape index (κ3) is 4.02. The fourth-order valence-electron chi connectivity index (χ4n) is 6.36. The van der Waals surface area contributed by atoms with E-state index in [2.05, 4.69) is 44.4 Å². The first kappa shape index (κ1) is 27.7. The van der Waals surface area contributed by atoms with E-state index in [-0.39, 0.29) is 41.8 Å². The Labute approximate surface area is 241 Å². The first-order valence-electron chi connectivity index (χ1n) is 13.6. The molecule has 8 N–H and O–H groups in total. The number of carbonyl (C=O) groups excluding carboxylic acids is 2. The number of aliphatic imine (C=N–C) groups is 2. The number of nitrogens with two attached hydrogens (primary N) is 2. The van der Waals surface area contributed by atoms with E-state index in [1.807, 2.05) is 6.07 Å². The van der Waals surface area contributed by atoms with E-state index in [0.717, 1.165) is 12.0 Å². The van der Waals surface area contributed by atoms with Gasteiger partial charge >= 0.3 is 0 Å². The molecule has 1 aromatic carbocycles. The minimum atomic E-state index is -2.63. The number of aromatic nitrogens is 2. The van der Waals surface area contributed by atoms with E-state index in [9.17, 15) is 19.8 Å². The van der Waals surface area contributed by atoms with Gasteiger partial charge < -0.3 is 46.9 Å². The molecule has 2 amide bonds. The molecule has 5 heterocycles. The lowest BCUT2D eigenvalue weighted by Gasteiger charge is -2.49. The number of hydrogen-bond acceptors (Lipinski definition) is 13. The maximum Gasteiger partial charge on any atom is 0.291 e. The Balaban J connectivity index is 1.28. The van der Waals surface area contributed by atoms with Crippen molar-refractivity contribution in [3.05, 3.63) is 53.6 Å². The summed E-state index contributed by atoms with van der Waals surface area (Å²) in [6.45, 7) is 4.51. The van der Waals surface area contributed by atoms with E-state index in [1.165, 1.54) is 22.2 Å². The summed E-state index contributed by atoms with van der Waals surface area (Å²) in [6.07, 6.45) is 3.72. The smallest absolute Gasteiger partial charge is 0.291 e. The summed E-state index contributed by atoms with van der Waals surface area (Å²) < 4.78 is 5.90. The molecule has 0 aliphatic carbocycles. The molecule has 15 heteroatoms. The number of benzene rings is 1. The number of likely N-dealkylation sites (N-methyl/N-ethyl adjacent to an activating group) is 1. The maximum absolute atomic E-state index is 13.6. The summed E-state index contributed by atoms with van der Waals surface area (Å²) >= 11 is 0. The highest BCUT2D eigenvalue weighted by Crippen LogP contribution is 2.45. The van der Waals surface area contributed by atoms with Gasteiger partial charge in [0.1, 0.15) is 17.8 Å². The molecule has 3 unspecified atom stereocenters. The van der Waals surface area contributed by atoms with Crippen molar-refractivity contribution < 1.29 is 24.5 Å². The standard InChI is InChI=1S/C27H34N10O5/c1-25(2)8-11-42-18-14(6-4-7-15(18)25)21(38)33-17-13-37-24(29)32-16(12-36(3)22(39)20-30-9-5-10-31-20)19-26(37,27(17,40)41)35-23(28)34-19/h4-7,9-10,16-17,19,40-41H,8,11-13H2,1-3H3,(H2,29,32)(H,33,38)(H3,28,34,35)/t16-,17?,19?,26?/m0/s1. The molecule has 1 spiro atoms. The highest BCUT2D eigenvalue weighted by atomic mass is 16.5. The van der Waals surface area contributed by atoms with E-state index in [0.29, 0.717) is 12.4 Å². The highest BCUT2D eigenvalue weighted by Gasteiger charge is 2.73. The van der Waals surface area contributed by atoms with Crippen LogP contribution in [0.5, 0.6) is 5.75 Å². The van der Waals surface area contributed by atoms with Gasteiger partial charge in [0.15, 0.2) is 17.6 Å². The molecule has 222 valence electrons. The quantitative estimate of drug-likeness (QED) is 0.215. The van der Waals surface area contributed by atoms with Gasteiger partial charge in [-0.25, -0.2) is 20.0 Å². The van der Waals surface area contributed by atoms with Gasteiger partial charge in [-0.15, -0.1) is 0 Å². The van der Waals surface area contributed by atoms with Crippen LogP contribution >= 0.6 is 0 Å². The third-order valence-electron chi connectivity index (χ3n) is 8.63. The fraction of sp³-hybridized carbons (Fsp3) is 0.481. The summed E-state index contributed by atoms with van der Waals surface area (Å²) in [5.74, 6) is -3.25. The van der Waals surface area contributed by atoms with Crippen LogP contribution in [0, 0.1) is 0 Å². The van der Waals surface area contributed by atoms with Gasteiger partial charge in [-0.1, -0.05) is 26.0 Å². The molecule has 42 heavy (non-hydrogen) atoms. The second-order valence-electron chi connectivity index (χ2n) is 11.7. The van der Waals surface area contributed by atoms with Gasteiger partial charge in [0.05, 0.1) is 18.2 Å². The Morgan fingerprint density at radius 2 is 1.93 bits per heavy atom. The number of amides is 2. The van der Waals surface area contributed by atoms with Crippen molar-refractivity contribution in [2.24, 2.45) is 21.5 Å². The van der Waals surface area contributed by atoms with Gasteiger partial charge in [-0.05, 0) is 24.0 Å². The molecule has 15 nitrogen and oxygen atoms in total. The number of carbonyl (C=O) groups is 2. The van der Waals surface area contributed by atoms with Gasteiger partial charge in [0.25, 0.3) is 11.8 Å². The Morgan fingerprint density at radius 1 is 1.19 bits per heavy atom. The Morgan fingerprint density at radius 3 is 2.67 bits per heavy atom. The zero-order valence-electron chi connectivity index (χ0n) is 23.5. The number of hydrogen-bond donors (Lipinski definition) is 6. The van der Waals surface area contributed by atoms with Gasteiger partial charge in [0.2, 0.25) is 11.6 Å². The first-order chi connectivity index (χ1) is 19.9. The molecule has 0 saturated carbocycles. The van der Waals surface area contributed by atoms with E-state index >= 15 is 0 Å². The number of guanidine groups is 2. The number of rotatable bonds is 5. The van der Waals surface area contributed by atoms with Crippen molar-refractivity contribution >= 4 is 23.7 Å². The van der Waals surface area contributed by atoms with E-state index in [4.69, 9.17) is 16.2 Å². The Bertz CT molecular complexity index is 1500. The molecule has 2 aromatic rings. The SMILES string of the molecule is CN(C[C@@H]1N=C(N)N2CC(NC(=O)c3cccc4c3OCCC4(C)C)C(O)(O)C23NC(N)=NC13)C(=O)c1ncccn1. The molecule has 4 atom stereocenters. The van der Waals surface area contributed by atoms with Crippen LogP contribution in [0.1, 0.15) is 46.8 Å². The lowest BCUT2D eigenvalue weighted by atomic mass is 9.79. The largest absolute Gasteiger partial charge is 0.492 e. The lowest BCUT2D eigenvalue weighted by molar-refractivity contribution is -0.230. The average molecular weight is 579 g/mol. The van der Waals surface area contributed by atoms with Crippen LogP contribution in [0.3, 0.4) is 0 Å². The number of para-hydroxylation sites is 1. The predicted molar refractivity (Wildman–Crippen MR) is 150 cm³/mol. The number of aliphatic hydroxyl groups is 2. The molecular formula is C27H34N10O5. The lowest BCUT2D eigenvalue weighted by Crippen LogP contribution is -2.78. The molecule has 4 aliphatic heterocycles. The maximum atomic E-state index is 13.6. The highest BCUT2D eigenvalue weighted by molar-refractivity contribution is 5.98. The summed E-state index contributed by atoms with van der Waals surface area (Å²) in [7, 11) is 1.55. The van der Waals surface area contributed by atoms with Crippen LogP contribution in [-0.4, -0.2) is 110 Å². The van der Waals surface area contributed by atoms with Crippen molar-refractivity contribution in [1.82, 2.24) is 30.4 Å². The number of nitrogens with one attached hydrogen (secondary N) is 2. The summed E-state index contributed by atoms with van der Waals surface area (Å²) in [6, 6.07) is 3.90. The van der Waals surface area contributed by atoms with Crippen LogP contribution < -0.4 is 26.8 Å².